The van der Waals surface area contributed by atoms with Gasteiger partial charge in [0.2, 0.25) is 0 Å². The van der Waals surface area contributed by atoms with Gasteiger partial charge >= 0.3 is 0 Å². The molecule has 0 aromatic heterocycles. The molecule has 1 rings (SSSR count). The fraction of sp³-hybridized carbons (Fsp3) is 0.455. The third kappa shape index (κ3) is 3.17. The van der Waals surface area contributed by atoms with Crippen molar-refractivity contribution in [2.24, 2.45) is 0 Å². The number of nitrogens with zero attached hydrogens (tertiary/aromatic N) is 1. The molecule has 0 atom stereocenters. The molecule has 0 aliphatic heterocycles. The highest BCUT2D eigenvalue weighted by Crippen LogP contribution is 2.06. The molecule has 0 saturated carbocycles. The predicted octanol–water partition coefficient (Wildman–Crippen LogP) is 1.63. The van der Waals surface area contributed by atoms with E-state index in [1.807, 2.05) is 12.1 Å². The molecule has 0 spiro atoms. The van der Waals surface area contributed by atoms with Crippen molar-refractivity contribution in [2.45, 2.75) is 20.1 Å². The Morgan fingerprint density at radius 1 is 1.15 bits per heavy atom. The molecule has 0 amide bonds. The van der Waals surface area contributed by atoms with Crippen molar-refractivity contribution in [1.29, 1.82) is 0 Å². The Hall–Kier alpha value is -0.860. The van der Waals surface area contributed by atoms with Crippen LogP contribution in [0.1, 0.15) is 18.1 Å². The van der Waals surface area contributed by atoms with Gasteiger partial charge in [-0.1, -0.05) is 31.2 Å². The Kier molecular flexibility index (Phi) is 3.93. The lowest BCUT2D eigenvalue weighted by Crippen LogP contribution is -2.16. The summed E-state index contributed by atoms with van der Waals surface area (Å²) in [4.78, 5) is 2.24. The lowest BCUT2D eigenvalue weighted by molar-refractivity contribution is 0.281. The quantitative estimate of drug-likeness (QED) is 0.759. The summed E-state index contributed by atoms with van der Waals surface area (Å²) in [6.07, 6.45) is 0. The lowest BCUT2D eigenvalue weighted by Gasteiger charge is -2.13. The predicted molar refractivity (Wildman–Crippen MR) is 54.4 cm³/mol. The molecule has 0 bridgehead atoms. The molecular weight excluding hydrogens is 162 g/mol. The number of benzene rings is 1. The van der Waals surface area contributed by atoms with Gasteiger partial charge in [-0.25, -0.2) is 0 Å². The first-order valence-corrected chi connectivity index (χ1v) is 4.63. The van der Waals surface area contributed by atoms with Crippen molar-refractivity contribution in [3.05, 3.63) is 35.4 Å². The molecule has 2 heteroatoms. The molecule has 0 radical (unpaired) electrons. The Labute approximate surface area is 79.8 Å². The van der Waals surface area contributed by atoms with Gasteiger partial charge in [0.1, 0.15) is 0 Å². The molecule has 0 aliphatic carbocycles. The fourth-order valence-electron chi connectivity index (χ4n) is 1.17. The first-order valence-electron chi connectivity index (χ1n) is 4.63. The van der Waals surface area contributed by atoms with Crippen LogP contribution in [0.4, 0.5) is 0 Å². The van der Waals surface area contributed by atoms with Crippen LogP contribution in [0.25, 0.3) is 0 Å². The third-order valence-corrected chi connectivity index (χ3v) is 2.20. The SMILES string of the molecule is CCN(C)Cc1ccc(CO)cc1. The largest absolute Gasteiger partial charge is 0.392 e. The van der Waals surface area contributed by atoms with E-state index in [9.17, 15) is 0 Å². The zero-order valence-electron chi connectivity index (χ0n) is 8.33. The highest BCUT2D eigenvalue weighted by molar-refractivity contribution is 5.21. The zero-order valence-corrected chi connectivity index (χ0v) is 8.33. The molecule has 0 aliphatic rings. The molecule has 1 aromatic carbocycles. The molecule has 0 unspecified atom stereocenters. The van der Waals surface area contributed by atoms with Crippen LogP contribution in [0.2, 0.25) is 0 Å². The molecule has 13 heavy (non-hydrogen) atoms. The third-order valence-electron chi connectivity index (χ3n) is 2.20. The van der Waals surface area contributed by atoms with E-state index in [2.05, 4.69) is 31.0 Å². The van der Waals surface area contributed by atoms with Crippen LogP contribution >= 0.6 is 0 Å². The monoisotopic (exact) mass is 179 g/mol. The van der Waals surface area contributed by atoms with Crippen molar-refractivity contribution in [3.8, 4) is 0 Å². The summed E-state index contributed by atoms with van der Waals surface area (Å²) in [5.74, 6) is 0. The van der Waals surface area contributed by atoms with E-state index in [1.165, 1.54) is 5.56 Å². The highest BCUT2D eigenvalue weighted by atomic mass is 16.3. The second-order valence-corrected chi connectivity index (χ2v) is 3.31. The maximum atomic E-state index is 8.85. The minimum Gasteiger partial charge on any atom is -0.392 e. The summed E-state index contributed by atoms with van der Waals surface area (Å²) in [6, 6.07) is 8.08. The van der Waals surface area contributed by atoms with Gasteiger partial charge in [-0.2, -0.15) is 0 Å². The van der Waals surface area contributed by atoms with E-state index in [4.69, 9.17) is 5.11 Å². The number of aliphatic hydroxyl groups excluding tert-OH is 1. The standard InChI is InChI=1S/C11H17NO/c1-3-12(2)8-10-4-6-11(9-13)7-5-10/h4-7,13H,3,8-9H2,1-2H3. The second-order valence-electron chi connectivity index (χ2n) is 3.31. The van der Waals surface area contributed by atoms with E-state index >= 15 is 0 Å². The minimum atomic E-state index is 0.129. The van der Waals surface area contributed by atoms with Crippen LogP contribution in [-0.2, 0) is 13.2 Å². The van der Waals surface area contributed by atoms with Gasteiger partial charge < -0.3 is 10.0 Å². The lowest BCUT2D eigenvalue weighted by atomic mass is 10.1. The van der Waals surface area contributed by atoms with Crippen LogP contribution in [0.5, 0.6) is 0 Å². The number of hydrogen-bond donors (Lipinski definition) is 1. The van der Waals surface area contributed by atoms with Crippen LogP contribution in [0.3, 0.4) is 0 Å². The summed E-state index contributed by atoms with van der Waals surface area (Å²) < 4.78 is 0. The van der Waals surface area contributed by atoms with E-state index in [0.717, 1.165) is 18.7 Å². The molecular formula is C11H17NO. The topological polar surface area (TPSA) is 23.5 Å². The maximum Gasteiger partial charge on any atom is 0.0681 e. The molecule has 0 fully saturated rings. The van der Waals surface area contributed by atoms with Gasteiger partial charge in [-0.05, 0) is 24.7 Å². The van der Waals surface area contributed by atoms with Gasteiger partial charge in [-0.15, -0.1) is 0 Å². The summed E-state index contributed by atoms with van der Waals surface area (Å²) in [6.45, 7) is 4.30. The van der Waals surface area contributed by atoms with Crippen molar-refractivity contribution < 1.29 is 5.11 Å². The van der Waals surface area contributed by atoms with Crippen molar-refractivity contribution in [2.75, 3.05) is 13.6 Å². The Morgan fingerprint density at radius 3 is 2.15 bits per heavy atom. The van der Waals surface area contributed by atoms with E-state index < -0.39 is 0 Å². The normalized spacial score (nSPS) is 10.8. The van der Waals surface area contributed by atoms with Crippen LogP contribution in [0.15, 0.2) is 24.3 Å². The summed E-state index contributed by atoms with van der Waals surface area (Å²) >= 11 is 0. The molecule has 0 heterocycles. The van der Waals surface area contributed by atoms with Gasteiger partial charge in [0.05, 0.1) is 6.61 Å². The Bertz CT molecular complexity index is 243. The van der Waals surface area contributed by atoms with Crippen LogP contribution in [0, 0.1) is 0 Å². The fourth-order valence-corrected chi connectivity index (χ4v) is 1.17. The van der Waals surface area contributed by atoms with E-state index in [0.29, 0.717) is 0 Å². The van der Waals surface area contributed by atoms with E-state index in [-0.39, 0.29) is 6.61 Å². The minimum absolute atomic E-state index is 0.129. The highest BCUT2D eigenvalue weighted by Gasteiger charge is 1.97. The first-order chi connectivity index (χ1) is 6.26. The number of hydrogen-bond acceptors (Lipinski definition) is 2. The summed E-state index contributed by atoms with van der Waals surface area (Å²) in [5.41, 5.74) is 2.27. The average Bonchev–Trinajstić information content (AvgIpc) is 2.19. The van der Waals surface area contributed by atoms with Crippen LogP contribution in [-0.4, -0.2) is 23.6 Å². The average molecular weight is 179 g/mol. The van der Waals surface area contributed by atoms with Crippen molar-refractivity contribution >= 4 is 0 Å². The van der Waals surface area contributed by atoms with Crippen molar-refractivity contribution in [3.63, 3.8) is 0 Å². The molecule has 2 nitrogen and oxygen atoms in total. The summed E-state index contributed by atoms with van der Waals surface area (Å²) in [7, 11) is 2.10. The van der Waals surface area contributed by atoms with Crippen molar-refractivity contribution in [1.82, 2.24) is 4.90 Å². The van der Waals surface area contributed by atoms with Gasteiger partial charge in [0.25, 0.3) is 0 Å². The Morgan fingerprint density at radius 2 is 1.69 bits per heavy atom. The molecule has 0 saturated heterocycles. The second kappa shape index (κ2) is 5.00. The molecule has 1 aromatic rings. The Balaban J connectivity index is 2.58. The van der Waals surface area contributed by atoms with Crippen LogP contribution < -0.4 is 0 Å². The van der Waals surface area contributed by atoms with Gasteiger partial charge in [0.15, 0.2) is 0 Å². The summed E-state index contributed by atoms with van der Waals surface area (Å²) in [5, 5.41) is 8.85. The first kappa shape index (κ1) is 10.2. The molecule has 1 N–H and O–H groups in total. The smallest absolute Gasteiger partial charge is 0.0681 e. The number of aliphatic hydroxyl groups is 1. The maximum absolute atomic E-state index is 8.85. The van der Waals surface area contributed by atoms with Gasteiger partial charge in [-0.3, -0.25) is 0 Å². The molecule has 72 valence electrons. The van der Waals surface area contributed by atoms with Gasteiger partial charge in [0, 0.05) is 6.54 Å². The number of rotatable bonds is 4. The zero-order chi connectivity index (χ0) is 9.68. The van der Waals surface area contributed by atoms with E-state index in [1.54, 1.807) is 0 Å².